The fourth-order valence-electron chi connectivity index (χ4n) is 2.08. The zero-order chi connectivity index (χ0) is 17.5. The molecule has 0 bridgehead atoms. The van der Waals surface area contributed by atoms with Gasteiger partial charge in [0.2, 0.25) is 11.8 Å². The summed E-state index contributed by atoms with van der Waals surface area (Å²) in [6, 6.07) is 9.62. The predicted molar refractivity (Wildman–Crippen MR) is 94.8 cm³/mol. The molecule has 0 aliphatic carbocycles. The van der Waals surface area contributed by atoms with E-state index in [-0.39, 0.29) is 23.3 Å². The van der Waals surface area contributed by atoms with Crippen molar-refractivity contribution in [1.29, 1.82) is 0 Å². The Morgan fingerprint density at radius 2 is 2.00 bits per heavy atom. The van der Waals surface area contributed by atoms with E-state index in [1.165, 1.54) is 11.8 Å². The van der Waals surface area contributed by atoms with Crippen LogP contribution in [0.5, 0.6) is 0 Å². The van der Waals surface area contributed by atoms with Crippen LogP contribution in [0, 0.1) is 13.8 Å². The van der Waals surface area contributed by atoms with Crippen molar-refractivity contribution < 1.29 is 14.1 Å². The molecule has 1 aromatic carbocycles. The maximum atomic E-state index is 12.1. The normalized spacial score (nSPS) is 10.5. The van der Waals surface area contributed by atoms with Crippen molar-refractivity contribution in [3.05, 3.63) is 47.2 Å². The number of benzene rings is 1. The predicted octanol–water partition coefficient (Wildman–Crippen LogP) is 2.62. The quantitative estimate of drug-likeness (QED) is 0.833. The largest absolute Gasteiger partial charge is 0.360 e. The summed E-state index contributed by atoms with van der Waals surface area (Å²) in [6.07, 6.45) is 0. The van der Waals surface area contributed by atoms with Crippen molar-refractivity contribution in [2.75, 3.05) is 23.9 Å². The molecule has 1 heterocycles. The molecule has 0 saturated heterocycles. The summed E-state index contributed by atoms with van der Waals surface area (Å²) in [6.45, 7) is 4.34. The van der Waals surface area contributed by atoms with Crippen LogP contribution in [-0.4, -0.2) is 40.4 Å². The summed E-state index contributed by atoms with van der Waals surface area (Å²) in [5.74, 6) is 1.26. The Hall–Kier alpha value is -2.28. The first-order chi connectivity index (χ1) is 11.5. The van der Waals surface area contributed by atoms with Crippen molar-refractivity contribution >= 4 is 29.4 Å². The molecule has 0 unspecified atom stereocenters. The van der Waals surface area contributed by atoms with E-state index in [4.69, 9.17) is 4.52 Å². The molecule has 0 spiro atoms. The minimum absolute atomic E-state index is 0.00617. The Bertz CT molecular complexity index is 715. The third-order valence-corrected chi connectivity index (χ3v) is 4.37. The van der Waals surface area contributed by atoms with Gasteiger partial charge in [0.05, 0.1) is 11.5 Å². The molecule has 0 atom stereocenters. The Morgan fingerprint density at radius 1 is 1.25 bits per heavy atom. The highest BCUT2D eigenvalue weighted by Gasteiger charge is 2.12. The van der Waals surface area contributed by atoms with E-state index in [0.717, 1.165) is 11.1 Å². The van der Waals surface area contributed by atoms with Crippen LogP contribution >= 0.6 is 11.8 Å². The zero-order valence-electron chi connectivity index (χ0n) is 14.0. The number of nitrogens with zero attached hydrogens (tertiary/aromatic N) is 2. The second kappa shape index (κ2) is 8.54. The van der Waals surface area contributed by atoms with Gasteiger partial charge in [0, 0.05) is 19.7 Å². The number of nitrogens with one attached hydrogen (secondary N) is 1. The molecule has 0 aliphatic rings. The van der Waals surface area contributed by atoms with Gasteiger partial charge in [-0.3, -0.25) is 9.59 Å². The topological polar surface area (TPSA) is 75.4 Å². The number of rotatable bonds is 7. The van der Waals surface area contributed by atoms with Gasteiger partial charge in [0.25, 0.3) is 0 Å². The summed E-state index contributed by atoms with van der Waals surface area (Å²) in [4.78, 5) is 25.6. The Balaban J connectivity index is 1.72. The molecule has 0 fully saturated rings. The molecule has 6 nitrogen and oxygen atoms in total. The van der Waals surface area contributed by atoms with Gasteiger partial charge in [-0.1, -0.05) is 29.4 Å². The standard InChI is InChI=1S/C17H21N3O3S/c1-12-6-4-5-7-14(12)9-20(3)17(22)11-24-10-16(21)18-15-8-13(2)23-19-15/h4-8H,9-11H2,1-3H3,(H,18,19,21). The van der Waals surface area contributed by atoms with Crippen LogP contribution in [-0.2, 0) is 16.1 Å². The molecule has 2 aromatic rings. The first-order valence-electron chi connectivity index (χ1n) is 7.55. The smallest absolute Gasteiger partial charge is 0.235 e. The van der Waals surface area contributed by atoms with E-state index in [9.17, 15) is 9.59 Å². The number of aryl methyl sites for hydroxylation is 2. The fourth-order valence-corrected chi connectivity index (χ4v) is 2.83. The van der Waals surface area contributed by atoms with E-state index < -0.39 is 0 Å². The lowest BCUT2D eigenvalue weighted by Crippen LogP contribution is -2.28. The van der Waals surface area contributed by atoms with E-state index in [1.54, 1.807) is 24.9 Å². The van der Waals surface area contributed by atoms with Gasteiger partial charge in [-0.05, 0) is 25.0 Å². The van der Waals surface area contributed by atoms with Crippen molar-refractivity contribution in [1.82, 2.24) is 10.1 Å². The van der Waals surface area contributed by atoms with Gasteiger partial charge < -0.3 is 14.7 Å². The van der Waals surface area contributed by atoms with Crippen LogP contribution in [0.4, 0.5) is 5.82 Å². The van der Waals surface area contributed by atoms with Crippen molar-refractivity contribution in [3.8, 4) is 0 Å². The SMILES string of the molecule is Cc1cc(NC(=O)CSCC(=O)N(C)Cc2ccccc2C)no1. The fraction of sp³-hybridized carbons (Fsp3) is 0.353. The van der Waals surface area contributed by atoms with Gasteiger partial charge >= 0.3 is 0 Å². The molecule has 24 heavy (non-hydrogen) atoms. The highest BCUT2D eigenvalue weighted by molar-refractivity contribution is 8.00. The first-order valence-corrected chi connectivity index (χ1v) is 8.70. The number of carbonyl (C=O) groups excluding carboxylic acids is 2. The van der Waals surface area contributed by atoms with Crippen LogP contribution < -0.4 is 5.32 Å². The lowest BCUT2D eigenvalue weighted by molar-refractivity contribution is -0.127. The molecule has 1 N–H and O–H groups in total. The molecule has 2 amide bonds. The number of hydrogen-bond acceptors (Lipinski definition) is 5. The molecular weight excluding hydrogens is 326 g/mol. The number of hydrogen-bond donors (Lipinski definition) is 1. The zero-order valence-corrected chi connectivity index (χ0v) is 14.9. The molecule has 0 aliphatic heterocycles. The average Bonchev–Trinajstić information content (AvgIpc) is 2.94. The highest BCUT2D eigenvalue weighted by Crippen LogP contribution is 2.12. The van der Waals surface area contributed by atoms with Crippen LogP contribution in [0.15, 0.2) is 34.9 Å². The minimum Gasteiger partial charge on any atom is -0.360 e. The highest BCUT2D eigenvalue weighted by atomic mass is 32.2. The number of amides is 2. The van der Waals surface area contributed by atoms with Crippen LogP contribution in [0.2, 0.25) is 0 Å². The Morgan fingerprint density at radius 3 is 2.67 bits per heavy atom. The summed E-state index contributed by atoms with van der Waals surface area (Å²) in [7, 11) is 1.77. The first kappa shape index (κ1) is 18.1. The van der Waals surface area contributed by atoms with Crippen molar-refractivity contribution in [2.24, 2.45) is 0 Å². The van der Waals surface area contributed by atoms with Gasteiger partial charge in [-0.2, -0.15) is 0 Å². The number of anilines is 1. The van der Waals surface area contributed by atoms with Gasteiger partial charge in [-0.15, -0.1) is 11.8 Å². The Kier molecular flexibility index (Phi) is 6.43. The molecule has 128 valence electrons. The van der Waals surface area contributed by atoms with Crippen LogP contribution in [0.3, 0.4) is 0 Å². The summed E-state index contributed by atoms with van der Waals surface area (Å²) in [5, 5.41) is 6.31. The molecule has 1 aromatic heterocycles. The number of thioether (sulfide) groups is 1. The lowest BCUT2D eigenvalue weighted by Gasteiger charge is -2.18. The van der Waals surface area contributed by atoms with Crippen molar-refractivity contribution in [3.63, 3.8) is 0 Å². The number of carbonyl (C=O) groups is 2. The maximum Gasteiger partial charge on any atom is 0.235 e. The van der Waals surface area contributed by atoms with E-state index in [1.807, 2.05) is 31.2 Å². The van der Waals surface area contributed by atoms with Crippen molar-refractivity contribution in [2.45, 2.75) is 20.4 Å². The molecule has 0 saturated carbocycles. The summed E-state index contributed by atoms with van der Waals surface area (Å²) in [5.41, 5.74) is 2.28. The van der Waals surface area contributed by atoms with E-state index in [0.29, 0.717) is 18.1 Å². The maximum absolute atomic E-state index is 12.1. The third kappa shape index (κ3) is 5.42. The lowest BCUT2D eigenvalue weighted by atomic mass is 10.1. The van der Waals surface area contributed by atoms with Crippen LogP contribution in [0.25, 0.3) is 0 Å². The van der Waals surface area contributed by atoms with Gasteiger partial charge in [-0.25, -0.2) is 0 Å². The minimum atomic E-state index is -0.206. The molecule has 7 heteroatoms. The third-order valence-electron chi connectivity index (χ3n) is 3.45. The summed E-state index contributed by atoms with van der Waals surface area (Å²) >= 11 is 1.28. The second-order valence-corrected chi connectivity index (χ2v) is 6.53. The summed E-state index contributed by atoms with van der Waals surface area (Å²) < 4.78 is 4.87. The average molecular weight is 347 g/mol. The van der Waals surface area contributed by atoms with Gasteiger partial charge in [0.1, 0.15) is 5.76 Å². The van der Waals surface area contributed by atoms with Gasteiger partial charge in [0.15, 0.2) is 5.82 Å². The number of aromatic nitrogens is 1. The van der Waals surface area contributed by atoms with E-state index in [2.05, 4.69) is 10.5 Å². The Labute approximate surface area is 145 Å². The van der Waals surface area contributed by atoms with Crippen LogP contribution in [0.1, 0.15) is 16.9 Å². The van der Waals surface area contributed by atoms with E-state index >= 15 is 0 Å². The molecule has 2 rings (SSSR count). The monoisotopic (exact) mass is 347 g/mol. The molecule has 0 radical (unpaired) electrons. The molecular formula is C17H21N3O3S. The second-order valence-electron chi connectivity index (χ2n) is 5.54.